The number of rotatable bonds is 6. The Hall–Kier alpha value is -1.53. The van der Waals surface area contributed by atoms with Gasteiger partial charge >= 0.3 is 0 Å². The Morgan fingerprint density at radius 2 is 1.78 bits per heavy atom. The highest BCUT2D eigenvalue weighted by molar-refractivity contribution is 7.99. The average molecular weight is 333 g/mol. The zero-order chi connectivity index (χ0) is 16.1. The van der Waals surface area contributed by atoms with E-state index in [0.717, 1.165) is 44.7 Å². The first-order chi connectivity index (χ1) is 11.3. The van der Waals surface area contributed by atoms with Gasteiger partial charge < -0.3 is 14.1 Å². The molecular formula is C17H23N3O2S. The van der Waals surface area contributed by atoms with E-state index in [1.54, 1.807) is 11.8 Å². The van der Waals surface area contributed by atoms with E-state index >= 15 is 0 Å². The number of thioether (sulfide) groups is 1. The lowest BCUT2D eigenvalue weighted by Crippen LogP contribution is -2.21. The van der Waals surface area contributed by atoms with E-state index in [0.29, 0.717) is 16.4 Å². The van der Waals surface area contributed by atoms with Crippen LogP contribution in [0.25, 0.3) is 11.5 Å². The van der Waals surface area contributed by atoms with Crippen molar-refractivity contribution < 1.29 is 9.15 Å². The van der Waals surface area contributed by atoms with Crippen LogP contribution < -0.4 is 4.90 Å². The number of nitrogens with zero attached hydrogens (tertiary/aromatic N) is 3. The lowest BCUT2D eigenvalue weighted by Gasteiger charge is -2.20. The molecule has 0 amide bonds. The lowest BCUT2D eigenvalue weighted by atomic mass is 10.2. The van der Waals surface area contributed by atoms with Gasteiger partial charge in [0.1, 0.15) is 0 Å². The third-order valence-corrected chi connectivity index (χ3v) is 5.26. The van der Waals surface area contributed by atoms with Crippen LogP contribution in [-0.4, -0.2) is 41.8 Å². The van der Waals surface area contributed by atoms with Crippen molar-refractivity contribution >= 4 is 17.4 Å². The van der Waals surface area contributed by atoms with Crippen LogP contribution in [0.5, 0.6) is 0 Å². The maximum Gasteiger partial charge on any atom is 0.277 e. The highest BCUT2D eigenvalue weighted by Crippen LogP contribution is 2.31. The maximum atomic E-state index is 5.81. The van der Waals surface area contributed by atoms with Crippen molar-refractivity contribution in [3.63, 3.8) is 0 Å². The molecule has 1 fully saturated rings. The largest absolute Gasteiger partial charge is 0.411 e. The molecule has 1 aromatic carbocycles. The molecule has 124 valence electrons. The smallest absolute Gasteiger partial charge is 0.277 e. The fourth-order valence-electron chi connectivity index (χ4n) is 2.71. The minimum absolute atomic E-state index is 0.516. The summed E-state index contributed by atoms with van der Waals surface area (Å²) >= 11 is 1.67. The number of hydrogen-bond donors (Lipinski definition) is 0. The molecule has 1 aliphatic heterocycles. The summed E-state index contributed by atoms with van der Waals surface area (Å²) < 4.78 is 11.2. The van der Waals surface area contributed by atoms with Gasteiger partial charge in [-0.15, -0.1) is 10.2 Å². The first-order valence-corrected chi connectivity index (χ1v) is 9.11. The standard InChI is InChI=1S/C17H23N3O2S/c1-3-20(4-2)14-7-5-13(6-8-14)16-18-19-17(22-16)23-15-9-11-21-12-10-15/h5-8,15H,3-4,9-12H2,1-2H3. The summed E-state index contributed by atoms with van der Waals surface area (Å²) in [5.41, 5.74) is 2.18. The molecule has 2 aromatic rings. The van der Waals surface area contributed by atoms with Gasteiger partial charge in [0, 0.05) is 42.8 Å². The lowest BCUT2D eigenvalue weighted by molar-refractivity contribution is 0.0998. The monoisotopic (exact) mass is 333 g/mol. The fraction of sp³-hybridized carbons (Fsp3) is 0.529. The molecule has 3 rings (SSSR count). The van der Waals surface area contributed by atoms with Crippen LogP contribution in [0, 0.1) is 0 Å². The van der Waals surface area contributed by atoms with Crippen molar-refractivity contribution in [2.45, 2.75) is 37.2 Å². The second kappa shape index (κ2) is 7.84. The first kappa shape index (κ1) is 16.3. The molecule has 5 nitrogen and oxygen atoms in total. The predicted molar refractivity (Wildman–Crippen MR) is 93.0 cm³/mol. The first-order valence-electron chi connectivity index (χ1n) is 8.23. The SMILES string of the molecule is CCN(CC)c1ccc(-c2nnc(SC3CCOCC3)o2)cc1. The number of hydrogen-bond acceptors (Lipinski definition) is 6. The van der Waals surface area contributed by atoms with E-state index in [9.17, 15) is 0 Å². The van der Waals surface area contributed by atoms with Crippen LogP contribution in [0.3, 0.4) is 0 Å². The molecule has 0 radical (unpaired) electrons. The van der Waals surface area contributed by atoms with Gasteiger partial charge in [0.05, 0.1) is 0 Å². The molecule has 0 atom stereocenters. The van der Waals surface area contributed by atoms with Gasteiger partial charge in [-0.25, -0.2) is 0 Å². The minimum Gasteiger partial charge on any atom is -0.411 e. The number of ether oxygens (including phenoxy) is 1. The van der Waals surface area contributed by atoms with Gasteiger partial charge in [0.2, 0.25) is 5.89 Å². The van der Waals surface area contributed by atoms with E-state index in [-0.39, 0.29) is 0 Å². The third-order valence-electron chi connectivity index (χ3n) is 4.09. The molecule has 1 aromatic heterocycles. The van der Waals surface area contributed by atoms with Gasteiger partial charge in [-0.2, -0.15) is 0 Å². The molecule has 2 heterocycles. The predicted octanol–water partition coefficient (Wildman–Crippen LogP) is 3.85. The van der Waals surface area contributed by atoms with E-state index < -0.39 is 0 Å². The minimum atomic E-state index is 0.516. The zero-order valence-corrected chi connectivity index (χ0v) is 14.5. The fourth-order valence-corrected chi connectivity index (χ4v) is 3.64. The Morgan fingerprint density at radius 1 is 1.09 bits per heavy atom. The molecular weight excluding hydrogens is 310 g/mol. The van der Waals surface area contributed by atoms with Crippen molar-refractivity contribution in [3.05, 3.63) is 24.3 Å². The summed E-state index contributed by atoms with van der Waals surface area (Å²) in [6, 6.07) is 8.31. The number of anilines is 1. The highest BCUT2D eigenvalue weighted by Gasteiger charge is 2.19. The Balaban J connectivity index is 1.67. The maximum absolute atomic E-state index is 5.81. The molecule has 0 N–H and O–H groups in total. The number of aromatic nitrogens is 2. The van der Waals surface area contributed by atoms with Crippen molar-refractivity contribution in [1.82, 2.24) is 10.2 Å². The van der Waals surface area contributed by atoms with Gasteiger partial charge in [-0.1, -0.05) is 11.8 Å². The van der Waals surface area contributed by atoms with Crippen molar-refractivity contribution in [1.29, 1.82) is 0 Å². The van der Waals surface area contributed by atoms with Crippen LogP contribution in [0.4, 0.5) is 5.69 Å². The molecule has 0 aliphatic carbocycles. The van der Waals surface area contributed by atoms with Crippen LogP contribution in [0.15, 0.2) is 33.9 Å². The average Bonchev–Trinajstić information content (AvgIpc) is 3.06. The van der Waals surface area contributed by atoms with Crippen LogP contribution in [-0.2, 0) is 4.74 Å². The summed E-state index contributed by atoms with van der Waals surface area (Å²) in [6.45, 7) is 7.98. The summed E-state index contributed by atoms with van der Waals surface area (Å²) in [6.07, 6.45) is 2.09. The summed E-state index contributed by atoms with van der Waals surface area (Å²) in [4.78, 5) is 2.31. The normalized spacial score (nSPS) is 15.7. The van der Waals surface area contributed by atoms with Crippen molar-refractivity contribution in [2.24, 2.45) is 0 Å². The van der Waals surface area contributed by atoms with Crippen molar-refractivity contribution in [3.8, 4) is 11.5 Å². The molecule has 23 heavy (non-hydrogen) atoms. The van der Waals surface area contributed by atoms with Crippen molar-refractivity contribution in [2.75, 3.05) is 31.2 Å². The van der Waals surface area contributed by atoms with Gasteiger partial charge in [0.25, 0.3) is 5.22 Å². The van der Waals surface area contributed by atoms with E-state index in [2.05, 4.69) is 41.1 Å². The molecule has 1 saturated heterocycles. The Bertz CT molecular complexity index is 605. The molecule has 0 spiro atoms. The van der Waals surface area contributed by atoms with Gasteiger partial charge in [0.15, 0.2) is 0 Å². The van der Waals surface area contributed by atoms with E-state index in [1.165, 1.54) is 5.69 Å². The van der Waals surface area contributed by atoms with Crippen LogP contribution >= 0.6 is 11.8 Å². The van der Waals surface area contributed by atoms with E-state index in [1.807, 2.05) is 12.1 Å². The third kappa shape index (κ3) is 4.06. The Kier molecular flexibility index (Phi) is 5.56. The second-order valence-corrected chi connectivity index (χ2v) is 6.77. The summed E-state index contributed by atoms with van der Waals surface area (Å²) in [7, 11) is 0. The highest BCUT2D eigenvalue weighted by atomic mass is 32.2. The molecule has 0 saturated carbocycles. The van der Waals surface area contributed by atoms with Gasteiger partial charge in [-0.3, -0.25) is 0 Å². The number of benzene rings is 1. The summed E-state index contributed by atoms with van der Waals surface area (Å²) in [5.74, 6) is 0.589. The van der Waals surface area contributed by atoms with Crippen LogP contribution in [0.1, 0.15) is 26.7 Å². The van der Waals surface area contributed by atoms with E-state index in [4.69, 9.17) is 9.15 Å². The quantitative estimate of drug-likeness (QED) is 0.800. The van der Waals surface area contributed by atoms with Gasteiger partial charge in [-0.05, 0) is 51.0 Å². The Morgan fingerprint density at radius 3 is 2.43 bits per heavy atom. The molecule has 0 unspecified atom stereocenters. The molecule has 6 heteroatoms. The topological polar surface area (TPSA) is 51.4 Å². The summed E-state index contributed by atoms with van der Waals surface area (Å²) in [5, 5.41) is 9.52. The zero-order valence-electron chi connectivity index (χ0n) is 13.7. The Labute approximate surface area is 141 Å². The molecule has 1 aliphatic rings. The molecule has 0 bridgehead atoms. The van der Waals surface area contributed by atoms with Crippen LogP contribution in [0.2, 0.25) is 0 Å². The second-order valence-electron chi connectivity index (χ2n) is 5.52.